The van der Waals surface area contributed by atoms with Crippen molar-refractivity contribution in [3.05, 3.63) is 47.2 Å². The number of fused-ring (bicyclic) bond motifs is 1. The number of hydrogen-bond acceptors (Lipinski definition) is 8. The molecule has 1 saturated heterocycles. The summed E-state index contributed by atoms with van der Waals surface area (Å²) in [6.45, 7) is 5.95. The van der Waals surface area contributed by atoms with Crippen molar-refractivity contribution < 1.29 is 14.0 Å². The number of nitrogens with zero attached hydrogens (tertiary/aromatic N) is 4. The van der Waals surface area contributed by atoms with E-state index >= 15 is 0 Å². The fraction of sp³-hybridized carbons (Fsp3) is 0.368. The Hall–Kier alpha value is -2.42. The Morgan fingerprint density at radius 2 is 1.78 bits per heavy atom. The van der Waals surface area contributed by atoms with E-state index in [0.717, 1.165) is 49.1 Å². The molecule has 0 spiro atoms. The molecule has 2 aliphatic rings. The summed E-state index contributed by atoms with van der Waals surface area (Å²) in [7, 11) is 0. The van der Waals surface area contributed by atoms with E-state index in [1.165, 1.54) is 5.56 Å². The van der Waals surface area contributed by atoms with Crippen LogP contribution in [0.4, 0.5) is 0 Å². The SMILES string of the molecule is c1csc(-c2noc(CN3CCN(Cc4ccc5c(c4)OCO5)CC3)n2)c1. The number of piperazine rings is 1. The first kappa shape index (κ1) is 16.7. The van der Waals surface area contributed by atoms with Crippen LogP contribution in [0.25, 0.3) is 10.7 Å². The van der Waals surface area contributed by atoms with Crippen molar-refractivity contribution in [3.8, 4) is 22.2 Å². The molecule has 2 aromatic heterocycles. The lowest BCUT2D eigenvalue weighted by molar-refractivity contribution is 0.112. The van der Waals surface area contributed by atoms with Crippen molar-refractivity contribution in [1.29, 1.82) is 0 Å². The van der Waals surface area contributed by atoms with Crippen molar-refractivity contribution in [2.75, 3.05) is 33.0 Å². The summed E-state index contributed by atoms with van der Waals surface area (Å²) in [4.78, 5) is 10.4. The Kier molecular flexibility index (Phi) is 4.52. The van der Waals surface area contributed by atoms with Gasteiger partial charge in [0, 0.05) is 32.7 Å². The van der Waals surface area contributed by atoms with E-state index in [0.29, 0.717) is 25.1 Å². The molecule has 27 heavy (non-hydrogen) atoms. The maximum Gasteiger partial charge on any atom is 0.241 e. The lowest BCUT2D eigenvalue weighted by Crippen LogP contribution is -2.45. The summed E-state index contributed by atoms with van der Waals surface area (Å²) in [5.41, 5.74) is 1.25. The van der Waals surface area contributed by atoms with Gasteiger partial charge >= 0.3 is 0 Å². The summed E-state index contributed by atoms with van der Waals surface area (Å²) < 4.78 is 16.3. The molecule has 0 atom stereocenters. The second kappa shape index (κ2) is 7.30. The molecule has 0 unspecified atom stereocenters. The first-order valence-electron chi connectivity index (χ1n) is 9.03. The fourth-order valence-electron chi connectivity index (χ4n) is 3.42. The number of rotatable bonds is 5. The number of aromatic nitrogens is 2. The number of thiophene rings is 1. The van der Waals surface area contributed by atoms with Crippen LogP contribution in [0.15, 0.2) is 40.2 Å². The van der Waals surface area contributed by atoms with Gasteiger partial charge in [0.1, 0.15) is 0 Å². The standard InChI is InChI=1S/C19H20N4O3S/c1-2-17(27-9-1)19-20-18(26-21-19)12-23-7-5-22(6-8-23)11-14-3-4-15-16(10-14)25-13-24-15/h1-4,9-10H,5-8,11-13H2. The third kappa shape index (κ3) is 3.69. The molecule has 140 valence electrons. The van der Waals surface area contributed by atoms with Gasteiger partial charge in [-0.1, -0.05) is 17.3 Å². The Morgan fingerprint density at radius 3 is 2.59 bits per heavy atom. The van der Waals surface area contributed by atoms with E-state index in [1.807, 2.05) is 23.6 Å². The van der Waals surface area contributed by atoms with Gasteiger partial charge in [-0.05, 0) is 29.1 Å². The average Bonchev–Trinajstić information content (AvgIpc) is 3.44. The molecular formula is C19H20N4O3S. The van der Waals surface area contributed by atoms with Crippen LogP contribution in [0.2, 0.25) is 0 Å². The van der Waals surface area contributed by atoms with Gasteiger partial charge in [0.2, 0.25) is 18.5 Å². The highest BCUT2D eigenvalue weighted by atomic mass is 32.1. The van der Waals surface area contributed by atoms with Gasteiger partial charge in [0.05, 0.1) is 11.4 Å². The van der Waals surface area contributed by atoms with Crippen LogP contribution in [-0.4, -0.2) is 52.9 Å². The Labute approximate surface area is 161 Å². The van der Waals surface area contributed by atoms with Crippen LogP contribution in [0.3, 0.4) is 0 Å². The van der Waals surface area contributed by atoms with Crippen LogP contribution >= 0.6 is 11.3 Å². The maximum atomic E-state index is 5.47. The minimum absolute atomic E-state index is 0.321. The number of benzene rings is 1. The highest BCUT2D eigenvalue weighted by Crippen LogP contribution is 2.32. The number of ether oxygens (including phenoxy) is 2. The topological polar surface area (TPSA) is 63.9 Å². The minimum atomic E-state index is 0.321. The number of hydrogen-bond donors (Lipinski definition) is 0. The summed E-state index contributed by atoms with van der Waals surface area (Å²) >= 11 is 1.62. The van der Waals surface area contributed by atoms with Gasteiger partial charge in [-0.3, -0.25) is 9.80 Å². The van der Waals surface area contributed by atoms with Crippen LogP contribution in [-0.2, 0) is 13.1 Å². The van der Waals surface area contributed by atoms with E-state index in [-0.39, 0.29) is 0 Å². The molecule has 0 amide bonds. The van der Waals surface area contributed by atoms with Crippen molar-refractivity contribution in [2.45, 2.75) is 13.1 Å². The molecule has 2 aliphatic heterocycles. The summed E-state index contributed by atoms with van der Waals surface area (Å²) in [5, 5.41) is 6.11. The van der Waals surface area contributed by atoms with E-state index < -0.39 is 0 Å². The van der Waals surface area contributed by atoms with Gasteiger partial charge in [-0.25, -0.2) is 0 Å². The molecule has 3 aromatic rings. The summed E-state index contributed by atoms with van der Waals surface area (Å²) in [6, 6.07) is 10.2. The fourth-order valence-corrected chi connectivity index (χ4v) is 4.07. The van der Waals surface area contributed by atoms with Crippen molar-refractivity contribution in [3.63, 3.8) is 0 Å². The Morgan fingerprint density at radius 1 is 0.963 bits per heavy atom. The zero-order valence-corrected chi connectivity index (χ0v) is 15.7. The third-order valence-electron chi connectivity index (χ3n) is 4.88. The van der Waals surface area contributed by atoms with Gasteiger partial charge in [0.25, 0.3) is 0 Å². The monoisotopic (exact) mass is 384 g/mol. The van der Waals surface area contributed by atoms with Crippen LogP contribution in [0.5, 0.6) is 11.5 Å². The first-order valence-corrected chi connectivity index (χ1v) is 9.91. The Bertz CT molecular complexity index is 904. The van der Waals surface area contributed by atoms with E-state index in [1.54, 1.807) is 11.3 Å². The zero-order valence-electron chi connectivity index (χ0n) is 14.8. The maximum absolute atomic E-state index is 5.47. The molecule has 1 aromatic carbocycles. The van der Waals surface area contributed by atoms with Crippen molar-refractivity contribution in [2.24, 2.45) is 0 Å². The predicted molar refractivity (Wildman–Crippen MR) is 101 cm³/mol. The average molecular weight is 384 g/mol. The molecule has 0 N–H and O–H groups in total. The smallest absolute Gasteiger partial charge is 0.241 e. The largest absolute Gasteiger partial charge is 0.454 e. The molecule has 0 bridgehead atoms. The Balaban J connectivity index is 1.14. The van der Waals surface area contributed by atoms with E-state index in [4.69, 9.17) is 14.0 Å². The predicted octanol–water partition coefficient (Wildman–Crippen LogP) is 2.84. The second-order valence-electron chi connectivity index (χ2n) is 6.73. The van der Waals surface area contributed by atoms with E-state index in [2.05, 4.69) is 32.1 Å². The molecule has 0 radical (unpaired) electrons. The van der Waals surface area contributed by atoms with Crippen LogP contribution < -0.4 is 9.47 Å². The molecule has 1 fully saturated rings. The normalized spacial score (nSPS) is 17.5. The highest BCUT2D eigenvalue weighted by Gasteiger charge is 2.21. The zero-order chi connectivity index (χ0) is 18.1. The first-order chi connectivity index (χ1) is 13.3. The lowest BCUT2D eigenvalue weighted by Gasteiger charge is -2.33. The van der Waals surface area contributed by atoms with Crippen molar-refractivity contribution in [1.82, 2.24) is 19.9 Å². The van der Waals surface area contributed by atoms with Gasteiger partial charge in [-0.2, -0.15) is 4.98 Å². The van der Waals surface area contributed by atoms with Crippen molar-refractivity contribution >= 4 is 11.3 Å². The minimum Gasteiger partial charge on any atom is -0.454 e. The quantitative estimate of drug-likeness (QED) is 0.670. The molecule has 4 heterocycles. The highest BCUT2D eigenvalue weighted by molar-refractivity contribution is 7.13. The van der Waals surface area contributed by atoms with Crippen LogP contribution in [0.1, 0.15) is 11.5 Å². The van der Waals surface area contributed by atoms with Gasteiger partial charge in [0.15, 0.2) is 11.5 Å². The molecule has 0 aliphatic carbocycles. The summed E-state index contributed by atoms with van der Waals surface area (Å²) in [5.74, 6) is 3.05. The molecule has 7 nitrogen and oxygen atoms in total. The van der Waals surface area contributed by atoms with Gasteiger partial charge < -0.3 is 14.0 Å². The second-order valence-corrected chi connectivity index (χ2v) is 7.68. The van der Waals surface area contributed by atoms with Gasteiger partial charge in [-0.15, -0.1) is 11.3 Å². The van der Waals surface area contributed by atoms with E-state index in [9.17, 15) is 0 Å². The third-order valence-corrected chi connectivity index (χ3v) is 5.74. The molecule has 8 heteroatoms. The lowest BCUT2D eigenvalue weighted by atomic mass is 10.1. The summed E-state index contributed by atoms with van der Waals surface area (Å²) in [6.07, 6.45) is 0. The molecular weight excluding hydrogens is 364 g/mol. The molecule has 5 rings (SSSR count). The van der Waals surface area contributed by atoms with Crippen LogP contribution in [0, 0.1) is 0 Å². The molecule has 0 saturated carbocycles.